The first kappa shape index (κ1) is 15.5. The molecule has 2 atom stereocenters. The fraction of sp³-hybridized carbons (Fsp3) is 0.800. The van der Waals surface area contributed by atoms with Crippen LogP contribution in [0, 0.1) is 0 Å². The number of hydrogen-bond acceptors (Lipinski definition) is 4. The maximum atomic E-state index is 6.36. The highest BCUT2D eigenvalue weighted by Crippen LogP contribution is 2.12. The van der Waals surface area contributed by atoms with Gasteiger partial charge in [0.05, 0.1) is 12.7 Å². The smallest absolute Gasteiger partial charge is 0.110 e. The second kappa shape index (κ2) is 7.76. The minimum absolute atomic E-state index is 0.0210. The summed E-state index contributed by atoms with van der Waals surface area (Å²) in [7, 11) is 0. The van der Waals surface area contributed by atoms with Crippen LogP contribution < -0.4 is 5.73 Å². The molecule has 1 saturated heterocycles. The lowest BCUT2D eigenvalue weighted by atomic mass is 10.1. The van der Waals surface area contributed by atoms with E-state index in [1.807, 2.05) is 12.4 Å². The summed E-state index contributed by atoms with van der Waals surface area (Å²) in [5.74, 6) is 1.08. The Morgan fingerprint density at radius 1 is 1.40 bits per heavy atom. The zero-order chi connectivity index (χ0) is 14.4. The Labute approximate surface area is 122 Å². The lowest BCUT2D eigenvalue weighted by Gasteiger charge is -2.35. The van der Waals surface area contributed by atoms with Crippen molar-refractivity contribution in [3.63, 3.8) is 0 Å². The maximum Gasteiger partial charge on any atom is 0.110 e. The Balaban J connectivity index is 1.90. The van der Waals surface area contributed by atoms with Crippen LogP contribution in [0.1, 0.15) is 32.5 Å². The van der Waals surface area contributed by atoms with Crippen molar-refractivity contribution < 1.29 is 4.74 Å². The van der Waals surface area contributed by atoms with E-state index in [1.54, 1.807) is 0 Å². The predicted octanol–water partition coefficient (Wildman–Crippen LogP) is 1.27. The van der Waals surface area contributed by atoms with Crippen LogP contribution in [0.25, 0.3) is 0 Å². The zero-order valence-electron chi connectivity index (χ0n) is 12.8. The Hall–Kier alpha value is -0.910. The Kier molecular flexibility index (Phi) is 6.01. The molecule has 0 saturated carbocycles. The van der Waals surface area contributed by atoms with Crippen LogP contribution in [-0.4, -0.2) is 52.8 Å². The van der Waals surface area contributed by atoms with Crippen LogP contribution >= 0.6 is 0 Å². The van der Waals surface area contributed by atoms with E-state index >= 15 is 0 Å². The Morgan fingerprint density at radius 3 is 2.95 bits per heavy atom. The van der Waals surface area contributed by atoms with Gasteiger partial charge in [-0.3, -0.25) is 4.90 Å². The molecule has 114 valence electrons. The summed E-state index contributed by atoms with van der Waals surface area (Å²) >= 11 is 0. The fourth-order valence-electron chi connectivity index (χ4n) is 2.83. The molecule has 2 rings (SSSR count). The first-order chi connectivity index (χ1) is 9.74. The van der Waals surface area contributed by atoms with E-state index in [0.717, 1.165) is 51.5 Å². The van der Waals surface area contributed by atoms with Crippen molar-refractivity contribution in [3.8, 4) is 0 Å². The number of nitrogens with two attached hydrogens (primary N) is 1. The van der Waals surface area contributed by atoms with Gasteiger partial charge >= 0.3 is 0 Å². The van der Waals surface area contributed by atoms with Crippen molar-refractivity contribution in [2.45, 2.75) is 51.8 Å². The van der Waals surface area contributed by atoms with E-state index in [9.17, 15) is 0 Å². The SMILES string of the molecule is CCCN1CCOC(C(N)Cc2nccn2CCC)C1. The predicted molar refractivity (Wildman–Crippen MR) is 80.7 cm³/mol. The number of morpholine rings is 1. The van der Waals surface area contributed by atoms with Gasteiger partial charge in [-0.25, -0.2) is 4.98 Å². The molecule has 1 fully saturated rings. The molecule has 2 unspecified atom stereocenters. The lowest BCUT2D eigenvalue weighted by Crippen LogP contribution is -2.51. The summed E-state index contributed by atoms with van der Waals surface area (Å²) in [6, 6.07) is 0.0210. The average Bonchev–Trinajstić information content (AvgIpc) is 2.87. The van der Waals surface area contributed by atoms with Gasteiger partial charge in [0.15, 0.2) is 0 Å². The van der Waals surface area contributed by atoms with Crippen molar-refractivity contribution in [1.29, 1.82) is 0 Å². The minimum Gasteiger partial charge on any atom is -0.374 e. The third-order valence-electron chi connectivity index (χ3n) is 3.88. The molecule has 0 radical (unpaired) electrons. The molecule has 5 heteroatoms. The molecule has 1 aliphatic heterocycles. The first-order valence-corrected chi connectivity index (χ1v) is 7.84. The highest BCUT2D eigenvalue weighted by Gasteiger charge is 2.26. The van der Waals surface area contributed by atoms with Gasteiger partial charge in [0, 0.05) is 44.5 Å². The van der Waals surface area contributed by atoms with Crippen LogP contribution in [0.5, 0.6) is 0 Å². The molecule has 0 aromatic carbocycles. The van der Waals surface area contributed by atoms with Gasteiger partial charge in [-0.15, -0.1) is 0 Å². The topological polar surface area (TPSA) is 56.3 Å². The van der Waals surface area contributed by atoms with E-state index < -0.39 is 0 Å². The van der Waals surface area contributed by atoms with Crippen LogP contribution in [0.4, 0.5) is 0 Å². The van der Waals surface area contributed by atoms with Gasteiger partial charge in [-0.2, -0.15) is 0 Å². The van der Waals surface area contributed by atoms with Crippen molar-refractivity contribution in [2.24, 2.45) is 5.73 Å². The van der Waals surface area contributed by atoms with Crippen LogP contribution in [0.15, 0.2) is 12.4 Å². The highest BCUT2D eigenvalue weighted by molar-refractivity contribution is 4.97. The van der Waals surface area contributed by atoms with E-state index in [4.69, 9.17) is 10.5 Å². The van der Waals surface area contributed by atoms with Crippen LogP contribution in [-0.2, 0) is 17.7 Å². The van der Waals surface area contributed by atoms with Crippen LogP contribution in [0.2, 0.25) is 0 Å². The van der Waals surface area contributed by atoms with Gasteiger partial charge in [-0.1, -0.05) is 13.8 Å². The Morgan fingerprint density at radius 2 is 2.20 bits per heavy atom. The molecule has 0 spiro atoms. The number of rotatable bonds is 7. The molecule has 20 heavy (non-hydrogen) atoms. The number of nitrogens with zero attached hydrogens (tertiary/aromatic N) is 3. The zero-order valence-corrected chi connectivity index (χ0v) is 12.8. The summed E-state index contributed by atoms with van der Waals surface area (Å²) in [6.45, 7) is 9.31. The number of aromatic nitrogens is 2. The number of hydrogen-bond donors (Lipinski definition) is 1. The van der Waals surface area contributed by atoms with Crippen molar-refractivity contribution in [2.75, 3.05) is 26.2 Å². The first-order valence-electron chi connectivity index (χ1n) is 7.84. The number of imidazole rings is 1. The largest absolute Gasteiger partial charge is 0.374 e. The minimum atomic E-state index is 0.0210. The third-order valence-corrected chi connectivity index (χ3v) is 3.88. The maximum absolute atomic E-state index is 6.36. The van der Waals surface area contributed by atoms with Crippen LogP contribution in [0.3, 0.4) is 0 Å². The van der Waals surface area contributed by atoms with Gasteiger partial charge in [0.1, 0.15) is 5.82 Å². The molecule has 2 heterocycles. The van der Waals surface area contributed by atoms with E-state index in [2.05, 4.69) is 28.3 Å². The molecule has 0 amide bonds. The molecule has 1 aliphatic rings. The number of aryl methyl sites for hydroxylation is 1. The van der Waals surface area contributed by atoms with E-state index in [0.29, 0.717) is 0 Å². The fourth-order valence-corrected chi connectivity index (χ4v) is 2.83. The monoisotopic (exact) mass is 280 g/mol. The van der Waals surface area contributed by atoms with E-state index in [1.165, 1.54) is 6.42 Å². The summed E-state index contributed by atoms with van der Waals surface area (Å²) in [4.78, 5) is 6.89. The summed E-state index contributed by atoms with van der Waals surface area (Å²) in [5, 5.41) is 0. The van der Waals surface area contributed by atoms with Crippen molar-refractivity contribution in [3.05, 3.63) is 18.2 Å². The van der Waals surface area contributed by atoms with E-state index in [-0.39, 0.29) is 12.1 Å². The molecule has 2 N–H and O–H groups in total. The quantitative estimate of drug-likeness (QED) is 0.817. The number of ether oxygens (including phenoxy) is 1. The lowest BCUT2D eigenvalue weighted by molar-refractivity contribution is -0.0404. The van der Waals surface area contributed by atoms with Gasteiger partial charge in [0.2, 0.25) is 0 Å². The second-order valence-electron chi connectivity index (χ2n) is 5.61. The molecule has 0 bridgehead atoms. The molecular formula is C15H28N4O. The molecule has 1 aromatic rings. The normalized spacial score (nSPS) is 22.1. The van der Waals surface area contributed by atoms with Crippen molar-refractivity contribution in [1.82, 2.24) is 14.5 Å². The summed E-state index contributed by atoms with van der Waals surface area (Å²) in [5.41, 5.74) is 6.36. The molecule has 5 nitrogen and oxygen atoms in total. The summed E-state index contributed by atoms with van der Waals surface area (Å²) in [6.07, 6.45) is 7.12. The van der Waals surface area contributed by atoms with Gasteiger partial charge in [0.25, 0.3) is 0 Å². The molecule has 0 aliphatic carbocycles. The highest BCUT2D eigenvalue weighted by atomic mass is 16.5. The molecular weight excluding hydrogens is 252 g/mol. The molecule has 1 aromatic heterocycles. The second-order valence-corrected chi connectivity index (χ2v) is 5.61. The third kappa shape index (κ3) is 4.04. The summed E-state index contributed by atoms with van der Waals surface area (Å²) < 4.78 is 8.06. The Bertz CT molecular complexity index is 391. The van der Waals surface area contributed by atoms with Gasteiger partial charge < -0.3 is 15.0 Å². The van der Waals surface area contributed by atoms with Gasteiger partial charge in [-0.05, 0) is 19.4 Å². The van der Waals surface area contributed by atoms with Crippen molar-refractivity contribution >= 4 is 0 Å². The standard InChI is InChI=1S/C15H28N4O/c1-3-6-18-9-10-20-14(12-18)13(16)11-15-17-5-8-19(15)7-4-2/h5,8,13-14H,3-4,6-7,9-12,16H2,1-2H3. The average molecular weight is 280 g/mol.